The van der Waals surface area contributed by atoms with Crippen LogP contribution in [0.2, 0.25) is 0 Å². The van der Waals surface area contributed by atoms with Gasteiger partial charge in [0.05, 0.1) is 17.1 Å². The van der Waals surface area contributed by atoms with Gasteiger partial charge in [-0.1, -0.05) is 38.1 Å². The maximum absolute atomic E-state index is 14.2. The third-order valence-corrected chi connectivity index (χ3v) is 8.06. The maximum Gasteiger partial charge on any atom is 0.255 e. The van der Waals surface area contributed by atoms with Gasteiger partial charge in [-0.3, -0.25) is 9.20 Å². The van der Waals surface area contributed by atoms with Crippen molar-refractivity contribution in [3.05, 3.63) is 120 Å². The molecule has 11 heteroatoms. The van der Waals surface area contributed by atoms with E-state index >= 15 is 0 Å². The second kappa shape index (κ2) is 15.0. The number of aromatic nitrogens is 4. The highest BCUT2D eigenvalue weighted by molar-refractivity contribution is 6.05. The number of pyridine rings is 1. The number of rotatable bonds is 8. The summed E-state index contributed by atoms with van der Waals surface area (Å²) in [6.45, 7) is 7.93. The standard InChI is InChI=1S/C36H31F2N7O2.C2H6/c1-22-20-26(47-25-13-16-39-17-14-25)11-12-29(22)41-36-40-18-15-30(42-36)34-32(43-31-10-2-3-19-45(31)34)23-6-4-7-24(21-23)35(46)44-33-27(37)8-5-9-28(33)38;1-2/h2-12,15,18-21,25,39H,13-14,16-17H2,1H3,(H,44,46)(H,40,41,42);1-2H3. The first kappa shape index (κ1) is 33.2. The van der Waals surface area contributed by atoms with Crippen molar-refractivity contribution in [1.29, 1.82) is 0 Å². The van der Waals surface area contributed by atoms with Crippen molar-refractivity contribution in [2.24, 2.45) is 0 Å². The Hall–Kier alpha value is -5.68. The SMILES string of the molecule is CC.Cc1cc(OC2CCNCC2)ccc1Nc1nccc(-c2c(-c3cccc(C(=O)Nc4c(F)cccc4F)c3)nc3ccccn23)n1. The molecule has 250 valence electrons. The average Bonchev–Trinajstić information content (AvgIpc) is 3.52. The van der Waals surface area contributed by atoms with E-state index in [4.69, 9.17) is 14.7 Å². The number of hydrogen-bond acceptors (Lipinski definition) is 7. The normalized spacial score (nSPS) is 13.0. The lowest BCUT2D eigenvalue weighted by molar-refractivity contribution is 0.102. The number of amides is 1. The van der Waals surface area contributed by atoms with Gasteiger partial charge in [0.2, 0.25) is 5.95 Å². The predicted octanol–water partition coefficient (Wildman–Crippen LogP) is 8.20. The van der Waals surface area contributed by atoms with E-state index in [0.717, 1.165) is 55.1 Å². The number of nitrogens with one attached hydrogen (secondary N) is 3. The number of imidazole rings is 1. The number of halogens is 2. The third-order valence-electron chi connectivity index (χ3n) is 8.06. The monoisotopic (exact) mass is 661 g/mol. The molecule has 1 fully saturated rings. The molecule has 4 heterocycles. The minimum atomic E-state index is -0.859. The third kappa shape index (κ3) is 7.42. The van der Waals surface area contributed by atoms with Crippen LogP contribution in [-0.4, -0.2) is 44.5 Å². The van der Waals surface area contributed by atoms with Gasteiger partial charge in [0, 0.05) is 29.2 Å². The fraction of sp³-hybridized carbons (Fsp3) is 0.211. The Kier molecular flexibility index (Phi) is 10.2. The number of para-hydroxylation sites is 1. The molecule has 6 aromatic rings. The number of hydrogen-bond donors (Lipinski definition) is 3. The van der Waals surface area contributed by atoms with Gasteiger partial charge in [0.1, 0.15) is 34.8 Å². The summed E-state index contributed by atoms with van der Waals surface area (Å²) in [6, 6.07) is 23.5. The molecule has 1 amide bonds. The van der Waals surface area contributed by atoms with Gasteiger partial charge in [0.15, 0.2) is 0 Å². The van der Waals surface area contributed by atoms with E-state index in [1.54, 1.807) is 30.5 Å². The fourth-order valence-electron chi connectivity index (χ4n) is 5.68. The van der Waals surface area contributed by atoms with Crippen LogP contribution in [0.4, 0.5) is 26.1 Å². The fourth-order valence-corrected chi connectivity index (χ4v) is 5.68. The van der Waals surface area contributed by atoms with Crippen LogP contribution >= 0.6 is 0 Å². The number of anilines is 3. The van der Waals surface area contributed by atoms with E-state index in [-0.39, 0.29) is 11.7 Å². The molecule has 0 saturated carbocycles. The lowest BCUT2D eigenvalue weighted by atomic mass is 10.0. The van der Waals surface area contributed by atoms with E-state index in [0.29, 0.717) is 34.2 Å². The van der Waals surface area contributed by atoms with Crippen LogP contribution in [0.1, 0.15) is 42.6 Å². The Morgan fingerprint density at radius 1 is 0.918 bits per heavy atom. The van der Waals surface area contributed by atoms with Crippen LogP contribution in [0.15, 0.2) is 97.3 Å². The van der Waals surface area contributed by atoms with Crippen molar-refractivity contribution in [3.63, 3.8) is 0 Å². The number of nitrogens with zero attached hydrogens (tertiary/aromatic N) is 4. The van der Waals surface area contributed by atoms with Crippen LogP contribution in [0.25, 0.3) is 28.3 Å². The van der Waals surface area contributed by atoms with E-state index in [9.17, 15) is 13.6 Å². The Balaban J connectivity index is 0.00000205. The Morgan fingerprint density at radius 2 is 1.69 bits per heavy atom. The van der Waals surface area contributed by atoms with Gasteiger partial charge in [-0.25, -0.2) is 23.7 Å². The second-order valence-electron chi connectivity index (χ2n) is 11.3. The minimum absolute atomic E-state index is 0.207. The summed E-state index contributed by atoms with van der Waals surface area (Å²) in [5, 5.41) is 9.04. The second-order valence-corrected chi connectivity index (χ2v) is 11.3. The molecule has 49 heavy (non-hydrogen) atoms. The topological polar surface area (TPSA) is 105 Å². The van der Waals surface area contributed by atoms with Gasteiger partial charge in [-0.2, -0.15) is 0 Å². The number of carbonyl (C=O) groups excluding carboxylic acids is 1. The van der Waals surface area contributed by atoms with Gasteiger partial charge >= 0.3 is 0 Å². The number of fused-ring (bicyclic) bond motifs is 1. The lowest BCUT2D eigenvalue weighted by Gasteiger charge is -2.24. The number of aryl methyl sites for hydroxylation is 1. The van der Waals surface area contributed by atoms with E-state index in [1.807, 2.05) is 73.8 Å². The summed E-state index contributed by atoms with van der Waals surface area (Å²) in [4.78, 5) is 27.3. The summed E-state index contributed by atoms with van der Waals surface area (Å²) in [5.41, 5.74) is 4.71. The first-order valence-electron chi connectivity index (χ1n) is 16.3. The number of piperidine rings is 1. The van der Waals surface area contributed by atoms with Crippen molar-refractivity contribution in [2.45, 2.75) is 39.7 Å². The molecule has 0 spiro atoms. The van der Waals surface area contributed by atoms with E-state index in [2.05, 4.69) is 20.9 Å². The predicted molar refractivity (Wildman–Crippen MR) is 188 cm³/mol. The van der Waals surface area contributed by atoms with E-state index < -0.39 is 23.2 Å². The molecule has 0 atom stereocenters. The number of ether oxygens (including phenoxy) is 1. The molecular weight excluding hydrogens is 624 g/mol. The summed E-state index contributed by atoms with van der Waals surface area (Å²) < 4.78 is 36.6. The molecule has 7 rings (SSSR count). The number of benzene rings is 3. The molecule has 3 aromatic carbocycles. The molecule has 3 aromatic heterocycles. The zero-order valence-corrected chi connectivity index (χ0v) is 27.5. The highest BCUT2D eigenvalue weighted by atomic mass is 19.1. The first-order chi connectivity index (χ1) is 23.9. The molecule has 0 radical (unpaired) electrons. The van der Waals surface area contributed by atoms with Crippen molar-refractivity contribution < 1.29 is 18.3 Å². The summed E-state index contributed by atoms with van der Waals surface area (Å²) >= 11 is 0. The van der Waals surface area contributed by atoms with Gasteiger partial charge in [-0.15, -0.1) is 0 Å². The van der Waals surface area contributed by atoms with Crippen LogP contribution in [-0.2, 0) is 0 Å². The summed E-state index contributed by atoms with van der Waals surface area (Å²) in [6.07, 6.45) is 5.73. The van der Waals surface area contributed by atoms with Crippen molar-refractivity contribution in [2.75, 3.05) is 23.7 Å². The van der Waals surface area contributed by atoms with Gasteiger partial charge in [-0.05, 0) is 99.1 Å². The molecule has 1 saturated heterocycles. The Morgan fingerprint density at radius 3 is 2.47 bits per heavy atom. The zero-order valence-electron chi connectivity index (χ0n) is 27.5. The van der Waals surface area contributed by atoms with Gasteiger partial charge in [0.25, 0.3) is 5.91 Å². The van der Waals surface area contributed by atoms with Crippen molar-refractivity contribution in [1.82, 2.24) is 24.7 Å². The number of carbonyl (C=O) groups is 1. The van der Waals surface area contributed by atoms with Crippen LogP contribution < -0.4 is 20.7 Å². The highest BCUT2D eigenvalue weighted by Gasteiger charge is 2.20. The molecule has 0 unspecified atom stereocenters. The zero-order chi connectivity index (χ0) is 34.3. The summed E-state index contributed by atoms with van der Waals surface area (Å²) in [7, 11) is 0. The molecule has 0 aliphatic carbocycles. The van der Waals surface area contributed by atoms with Crippen molar-refractivity contribution in [3.8, 4) is 28.4 Å². The molecule has 3 N–H and O–H groups in total. The van der Waals surface area contributed by atoms with Crippen LogP contribution in [0.5, 0.6) is 5.75 Å². The maximum atomic E-state index is 14.2. The minimum Gasteiger partial charge on any atom is -0.490 e. The average molecular weight is 662 g/mol. The smallest absolute Gasteiger partial charge is 0.255 e. The molecule has 1 aliphatic rings. The van der Waals surface area contributed by atoms with Gasteiger partial charge < -0.3 is 20.7 Å². The Labute approximate surface area is 283 Å². The molecule has 1 aliphatic heterocycles. The van der Waals surface area contributed by atoms with Crippen LogP contribution in [0, 0.1) is 18.6 Å². The Bertz CT molecular complexity index is 2070. The quantitative estimate of drug-likeness (QED) is 0.151. The summed E-state index contributed by atoms with van der Waals surface area (Å²) in [5.74, 6) is -1.14. The van der Waals surface area contributed by atoms with Crippen molar-refractivity contribution >= 4 is 28.9 Å². The molecular formula is C38H37F2N7O2. The first-order valence-corrected chi connectivity index (χ1v) is 16.3. The lowest BCUT2D eigenvalue weighted by Crippen LogP contribution is -2.34. The molecule has 0 bridgehead atoms. The largest absolute Gasteiger partial charge is 0.490 e. The highest BCUT2D eigenvalue weighted by Crippen LogP contribution is 2.33. The van der Waals surface area contributed by atoms with Crippen LogP contribution in [0.3, 0.4) is 0 Å². The van der Waals surface area contributed by atoms with E-state index in [1.165, 1.54) is 6.07 Å². The molecule has 9 nitrogen and oxygen atoms in total.